The molecule has 276 valence electrons. The van der Waals surface area contributed by atoms with E-state index in [1.807, 2.05) is 61.5 Å². The molecule has 0 saturated carbocycles. The van der Waals surface area contributed by atoms with Crippen molar-refractivity contribution in [3.05, 3.63) is 97.5 Å². The lowest BCUT2D eigenvalue weighted by Gasteiger charge is -2.21. The van der Waals surface area contributed by atoms with E-state index in [0.717, 1.165) is 19.3 Å². The average Bonchev–Trinajstić information content (AvgIpc) is 3.15. The Labute approximate surface area is 296 Å². The van der Waals surface area contributed by atoms with E-state index in [1.54, 1.807) is 39.4 Å². The third-order valence-electron chi connectivity index (χ3n) is 6.74. The van der Waals surface area contributed by atoms with Gasteiger partial charge in [-0.05, 0) is 46.0 Å². The summed E-state index contributed by atoms with van der Waals surface area (Å²) in [5.41, 5.74) is 2.27. The predicted molar refractivity (Wildman–Crippen MR) is 210 cm³/mol. The Balaban J connectivity index is -0.000000461. The molecular formula is C41H72N2O5. The molecule has 3 atom stereocenters. The summed E-state index contributed by atoms with van der Waals surface area (Å²) in [7, 11) is 3.36. The number of ketones is 2. The normalized spacial score (nSPS) is 22.3. The van der Waals surface area contributed by atoms with Crippen LogP contribution in [0.25, 0.3) is 0 Å². The van der Waals surface area contributed by atoms with Gasteiger partial charge >= 0.3 is 0 Å². The van der Waals surface area contributed by atoms with E-state index < -0.39 is 5.91 Å². The molecule has 0 unspecified atom stereocenters. The van der Waals surface area contributed by atoms with Crippen LogP contribution in [0.2, 0.25) is 0 Å². The Morgan fingerprint density at radius 2 is 1.48 bits per heavy atom. The van der Waals surface area contributed by atoms with Crippen molar-refractivity contribution in [1.29, 1.82) is 0 Å². The zero-order chi connectivity index (χ0) is 38.7. The van der Waals surface area contributed by atoms with Crippen LogP contribution in [-0.2, 0) is 23.9 Å². The largest absolute Gasteiger partial charge is 0.381 e. The molecule has 1 aliphatic carbocycles. The van der Waals surface area contributed by atoms with Crippen molar-refractivity contribution >= 4 is 17.5 Å². The van der Waals surface area contributed by atoms with Crippen LogP contribution < -0.4 is 10.6 Å². The molecule has 2 aliphatic rings. The van der Waals surface area contributed by atoms with Crippen LogP contribution in [0.15, 0.2) is 97.5 Å². The van der Waals surface area contributed by atoms with E-state index in [2.05, 4.69) is 63.5 Å². The van der Waals surface area contributed by atoms with Crippen molar-refractivity contribution in [1.82, 2.24) is 10.6 Å². The van der Waals surface area contributed by atoms with E-state index in [-0.39, 0.29) is 41.1 Å². The summed E-state index contributed by atoms with van der Waals surface area (Å²) < 4.78 is 11.3. The number of carbonyl (C=O) groups is 3. The van der Waals surface area contributed by atoms with Gasteiger partial charge in [-0.2, -0.15) is 0 Å². The minimum absolute atomic E-state index is 0.00898. The molecule has 0 aromatic carbocycles. The summed E-state index contributed by atoms with van der Waals surface area (Å²) in [4.78, 5) is 38.9. The van der Waals surface area contributed by atoms with Gasteiger partial charge < -0.3 is 20.1 Å². The van der Waals surface area contributed by atoms with Crippen LogP contribution in [0.4, 0.5) is 0 Å². The number of allylic oxidation sites excluding steroid dienone is 5. The molecule has 0 aromatic heterocycles. The number of ether oxygens (including phenoxy) is 2. The summed E-state index contributed by atoms with van der Waals surface area (Å²) in [6.45, 7) is 37.9. The maximum Gasteiger partial charge on any atom is 0.251 e. The molecule has 48 heavy (non-hydrogen) atoms. The monoisotopic (exact) mass is 673 g/mol. The highest BCUT2D eigenvalue weighted by atomic mass is 16.5. The zero-order valence-electron chi connectivity index (χ0n) is 33.0. The highest BCUT2D eigenvalue weighted by Gasteiger charge is 2.29. The summed E-state index contributed by atoms with van der Waals surface area (Å²) >= 11 is 0. The molecular weight excluding hydrogens is 600 g/mol. The first-order valence-electron chi connectivity index (χ1n) is 17.5. The van der Waals surface area contributed by atoms with Crippen molar-refractivity contribution in [2.75, 3.05) is 20.8 Å². The fourth-order valence-electron chi connectivity index (χ4n) is 4.28. The van der Waals surface area contributed by atoms with Gasteiger partial charge in [-0.15, -0.1) is 32.9 Å². The van der Waals surface area contributed by atoms with Gasteiger partial charge in [-0.3, -0.25) is 14.4 Å². The molecule has 2 bridgehead atoms. The molecule has 1 heterocycles. The lowest BCUT2D eigenvalue weighted by molar-refractivity contribution is -0.120. The molecule has 7 heteroatoms. The van der Waals surface area contributed by atoms with Crippen molar-refractivity contribution < 1.29 is 23.9 Å². The Morgan fingerprint density at radius 3 is 1.98 bits per heavy atom. The fourth-order valence-corrected chi connectivity index (χ4v) is 4.28. The third-order valence-corrected chi connectivity index (χ3v) is 6.74. The number of methoxy groups -OCH3 is 2. The number of hydrogen-bond acceptors (Lipinski definition) is 6. The van der Waals surface area contributed by atoms with Crippen LogP contribution in [-0.4, -0.2) is 50.4 Å². The van der Waals surface area contributed by atoms with Gasteiger partial charge in [0, 0.05) is 43.9 Å². The van der Waals surface area contributed by atoms with Crippen LogP contribution in [0.5, 0.6) is 0 Å². The number of fused-ring (bicyclic) bond motifs is 2. The molecule has 1 aliphatic heterocycles. The first-order chi connectivity index (χ1) is 23.2. The Morgan fingerprint density at radius 1 is 0.917 bits per heavy atom. The highest BCUT2D eigenvalue weighted by Crippen LogP contribution is 2.24. The second kappa shape index (κ2) is 37.9. The molecule has 7 nitrogen and oxygen atoms in total. The zero-order valence-corrected chi connectivity index (χ0v) is 33.0. The van der Waals surface area contributed by atoms with Crippen molar-refractivity contribution in [2.45, 2.75) is 120 Å². The second-order valence-electron chi connectivity index (χ2n) is 9.23. The predicted octanol–water partition coefficient (Wildman–Crippen LogP) is 9.96. The van der Waals surface area contributed by atoms with Crippen molar-refractivity contribution in [2.24, 2.45) is 5.92 Å². The molecule has 0 spiro atoms. The molecule has 1 amide bonds. The summed E-state index contributed by atoms with van der Waals surface area (Å²) in [5.74, 6) is -0.964. The van der Waals surface area contributed by atoms with E-state index >= 15 is 0 Å². The number of Topliss-reactive ketones (excluding diaryl/α,β-unsaturated/α-hetero) is 1. The SMILES string of the molecule is C=C.C=C.C=CCNC1=C2CCC[C@H](OC)CC/C=C(\C)[C@H](C)[C@@H](OC)/C=C\C=C(/C)C(=O)NC(=CC1=O)C2=O.CC.CC.CC.CC. The number of hydrogen-bond donors (Lipinski definition) is 2. The summed E-state index contributed by atoms with van der Waals surface area (Å²) in [5, 5.41) is 5.64. The molecule has 0 fully saturated rings. The average molecular weight is 673 g/mol. The van der Waals surface area contributed by atoms with Crippen LogP contribution in [0.1, 0.15) is 108 Å². The number of carbonyl (C=O) groups excluding carboxylic acids is 3. The first-order valence-corrected chi connectivity index (χ1v) is 17.5. The molecule has 0 radical (unpaired) electrons. The molecule has 0 aromatic rings. The van der Waals surface area contributed by atoms with E-state index in [0.29, 0.717) is 30.5 Å². The lowest BCUT2D eigenvalue weighted by Crippen LogP contribution is -2.35. The minimum atomic E-state index is -0.440. The maximum atomic E-state index is 13.3. The van der Waals surface area contributed by atoms with E-state index in [1.165, 1.54) is 11.6 Å². The molecule has 0 saturated heterocycles. The van der Waals surface area contributed by atoms with Gasteiger partial charge in [0.15, 0.2) is 0 Å². The van der Waals surface area contributed by atoms with Crippen LogP contribution in [0, 0.1) is 5.92 Å². The standard InChI is InChI=1S/C29H40N2O5.4C2H6.2C2H4/c1-7-17-30-27-23-15-10-14-22(35-5)13-8-11-19(2)21(4)26(36-6)16-9-12-20(3)29(34)31-24(28(23)33)18-25(27)32;6*1-2/h7,9,11-12,16,18,21-22,26,30H,1,8,10,13-15,17H2,2-6H3,(H,31,34);4*1-2H3;2*1-2H2/b16-9-,19-11+,20-12+;;;;;;/t21-,22+,26-;;;;;;/m0....../s1. The van der Waals surface area contributed by atoms with Gasteiger partial charge in [0.1, 0.15) is 0 Å². The van der Waals surface area contributed by atoms with E-state index in [4.69, 9.17) is 9.47 Å². The number of amides is 1. The van der Waals surface area contributed by atoms with Gasteiger partial charge in [-0.25, -0.2) is 0 Å². The van der Waals surface area contributed by atoms with E-state index in [9.17, 15) is 14.4 Å². The van der Waals surface area contributed by atoms with Gasteiger partial charge in [-0.1, -0.05) is 98.3 Å². The van der Waals surface area contributed by atoms with Gasteiger partial charge in [0.25, 0.3) is 5.91 Å². The fraction of sp³-hybridized carbons (Fsp3) is 0.537. The van der Waals surface area contributed by atoms with Crippen molar-refractivity contribution in [3.63, 3.8) is 0 Å². The quantitative estimate of drug-likeness (QED) is 0.223. The highest BCUT2D eigenvalue weighted by molar-refractivity contribution is 6.23. The molecule has 2 rings (SSSR count). The summed E-state index contributed by atoms with van der Waals surface area (Å²) in [6, 6.07) is 0. The summed E-state index contributed by atoms with van der Waals surface area (Å²) in [6.07, 6.45) is 13.8. The number of nitrogens with one attached hydrogen (secondary N) is 2. The maximum absolute atomic E-state index is 13.3. The molecule has 2 N–H and O–H groups in total. The van der Waals surface area contributed by atoms with Crippen LogP contribution in [0.3, 0.4) is 0 Å². The Bertz CT molecular complexity index is 1030. The Kier molecular flexibility index (Phi) is 42.6. The first kappa shape index (κ1) is 53.9. The topological polar surface area (TPSA) is 93.7 Å². The lowest BCUT2D eigenvalue weighted by atomic mass is 9.91. The van der Waals surface area contributed by atoms with Gasteiger partial charge in [0.05, 0.1) is 23.6 Å². The Hall–Kier alpha value is -3.55. The smallest absolute Gasteiger partial charge is 0.251 e. The third kappa shape index (κ3) is 21.3. The van der Waals surface area contributed by atoms with Crippen molar-refractivity contribution in [3.8, 4) is 0 Å². The second-order valence-corrected chi connectivity index (χ2v) is 9.23. The van der Waals surface area contributed by atoms with Crippen LogP contribution >= 0.6 is 0 Å². The van der Waals surface area contributed by atoms with Gasteiger partial charge in [0.2, 0.25) is 11.6 Å². The minimum Gasteiger partial charge on any atom is -0.381 e. The number of rotatable bonds is 5.